The van der Waals surface area contributed by atoms with Gasteiger partial charge in [-0.3, -0.25) is 9.59 Å². The van der Waals surface area contributed by atoms with Gasteiger partial charge in [0, 0.05) is 24.5 Å². The lowest BCUT2D eigenvalue weighted by Gasteiger charge is -2.28. The Bertz CT molecular complexity index is 654. The first-order valence-electron chi connectivity index (χ1n) is 9.58. The molecule has 1 saturated heterocycles. The van der Waals surface area contributed by atoms with E-state index in [1.54, 1.807) is 0 Å². The maximum atomic E-state index is 12.2. The zero-order chi connectivity index (χ0) is 17.9. The van der Waals surface area contributed by atoms with Crippen molar-refractivity contribution in [2.24, 2.45) is 17.8 Å². The second-order valence-electron chi connectivity index (χ2n) is 7.58. The maximum absolute atomic E-state index is 12.2. The number of carbonyl (C=O) groups is 2. The van der Waals surface area contributed by atoms with Crippen LogP contribution < -0.4 is 10.2 Å². The molecule has 3 fully saturated rings. The Hall–Kier alpha value is -2.08. The van der Waals surface area contributed by atoms with Gasteiger partial charge in [0.15, 0.2) is 6.61 Å². The highest BCUT2D eigenvalue weighted by molar-refractivity contribution is 5.93. The molecule has 2 saturated carbocycles. The van der Waals surface area contributed by atoms with Crippen LogP contribution in [0.2, 0.25) is 0 Å². The molecule has 0 radical (unpaired) electrons. The Kier molecular flexibility index (Phi) is 5.11. The fourth-order valence-corrected chi connectivity index (χ4v) is 4.55. The zero-order valence-electron chi connectivity index (χ0n) is 15.0. The van der Waals surface area contributed by atoms with Gasteiger partial charge in [0.25, 0.3) is 5.91 Å². The molecule has 140 valence electrons. The van der Waals surface area contributed by atoms with Crippen molar-refractivity contribution in [2.75, 3.05) is 43.1 Å². The molecular weight excluding hydrogens is 332 g/mol. The quantitative estimate of drug-likeness (QED) is 0.819. The van der Waals surface area contributed by atoms with E-state index in [2.05, 4.69) is 10.2 Å². The third kappa shape index (κ3) is 3.85. The number of nitrogens with zero attached hydrogens (tertiary/aromatic N) is 1. The topological polar surface area (TPSA) is 67.9 Å². The van der Waals surface area contributed by atoms with Crippen LogP contribution in [0.15, 0.2) is 24.3 Å². The molecule has 26 heavy (non-hydrogen) atoms. The van der Waals surface area contributed by atoms with Gasteiger partial charge in [0.1, 0.15) is 0 Å². The first-order valence-corrected chi connectivity index (χ1v) is 9.58. The third-order valence-corrected chi connectivity index (χ3v) is 5.91. The Morgan fingerprint density at radius 1 is 1.12 bits per heavy atom. The summed E-state index contributed by atoms with van der Waals surface area (Å²) in [6.07, 6.45) is 4.47. The summed E-state index contributed by atoms with van der Waals surface area (Å²) in [5.41, 5.74) is 1.83. The Balaban J connectivity index is 1.23. The minimum atomic E-state index is -0.291. The van der Waals surface area contributed by atoms with Crippen LogP contribution in [-0.2, 0) is 19.1 Å². The molecule has 6 heteroatoms. The number of esters is 1. The number of hydrogen-bond donors (Lipinski definition) is 1. The molecule has 3 atom stereocenters. The van der Waals surface area contributed by atoms with Crippen molar-refractivity contribution in [1.29, 1.82) is 0 Å². The molecule has 1 aliphatic heterocycles. The number of anilines is 2. The summed E-state index contributed by atoms with van der Waals surface area (Å²) in [7, 11) is 0. The molecule has 1 amide bonds. The summed E-state index contributed by atoms with van der Waals surface area (Å²) >= 11 is 0. The van der Waals surface area contributed by atoms with Gasteiger partial charge < -0.3 is 19.7 Å². The summed E-state index contributed by atoms with van der Waals surface area (Å²) < 4.78 is 10.6. The van der Waals surface area contributed by atoms with Crippen LogP contribution >= 0.6 is 0 Å². The highest BCUT2D eigenvalue weighted by atomic mass is 16.5. The number of amides is 1. The van der Waals surface area contributed by atoms with Crippen molar-refractivity contribution in [2.45, 2.75) is 25.7 Å². The fourth-order valence-electron chi connectivity index (χ4n) is 4.55. The Morgan fingerprint density at radius 2 is 1.88 bits per heavy atom. The van der Waals surface area contributed by atoms with E-state index < -0.39 is 0 Å². The van der Waals surface area contributed by atoms with Crippen LogP contribution in [0.1, 0.15) is 25.7 Å². The molecule has 1 heterocycles. The maximum Gasteiger partial charge on any atom is 0.309 e. The summed E-state index contributed by atoms with van der Waals surface area (Å²) in [4.78, 5) is 26.5. The largest absolute Gasteiger partial charge is 0.455 e. The summed E-state index contributed by atoms with van der Waals surface area (Å²) in [5, 5.41) is 2.79. The lowest BCUT2D eigenvalue weighted by Crippen LogP contribution is -2.36. The van der Waals surface area contributed by atoms with E-state index >= 15 is 0 Å². The molecule has 3 aliphatic rings. The number of carbonyl (C=O) groups excluding carboxylic acids is 2. The molecule has 4 rings (SSSR count). The van der Waals surface area contributed by atoms with Gasteiger partial charge >= 0.3 is 5.97 Å². The predicted molar refractivity (Wildman–Crippen MR) is 98.0 cm³/mol. The predicted octanol–water partition coefficient (Wildman–Crippen LogP) is 2.44. The smallest absolute Gasteiger partial charge is 0.309 e. The van der Waals surface area contributed by atoms with Crippen molar-refractivity contribution in [3.05, 3.63) is 24.3 Å². The monoisotopic (exact) mass is 358 g/mol. The third-order valence-electron chi connectivity index (χ3n) is 5.91. The van der Waals surface area contributed by atoms with Gasteiger partial charge in [0.05, 0.1) is 19.1 Å². The first kappa shape index (κ1) is 17.3. The van der Waals surface area contributed by atoms with Crippen LogP contribution in [-0.4, -0.2) is 44.8 Å². The summed E-state index contributed by atoms with van der Waals surface area (Å²) in [6.45, 7) is 3.03. The van der Waals surface area contributed by atoms with Crippen molar-refractivity contribution >= 4 is 23.3 Å². The molecule has 1 aromatic carbocycles. The van der Waals surface area contributed by atoms with E-state index in [4.69, 9.17) is 9.47 Å². The average Bonchev–Trinajstić information content (AvgIpc) is 3.31. The minimum absolute atomic E-state index is 0.00866. The van der Waals surface area contributed by atoms with Crippen LogP contribution in [0.3, 0.4) is 0 Å². The van der Waals surface area contributed by atoms with E-state index in [0.717, 1.165) is 51.3 Å². The second kappa shape index (κ2) is 7.66. The summed E-state index contributed by atoms with van der Waals surface area (Å²) in [5.74, 6) is 0.685. The van der Waals surface area contributed by atoms with Crippen LogP contribution in [0.4, 0.5) is 11.4 Å². The van der Waals surface area contributed by atoms with E-state index in [-0.39, 0.29) is 24.4 Å². The van der Waals surface area contributed by atoms with Gasteiger partial charge in [-0.15, -0.1) is 0 Å². The van der Waals surface area contributed by atoms with Crippen LogP contribution in [0, 0.1) is 17.8 Å². The zero-order valence-corrected chi connectivity index (χ0v) is 15.0. The van der Waals surface area contributed by atoms with Gasteiger partial charge in [-0.25, -0.2) is 0 Å². The molecule has 1 N–H and O–H groups in total. The van der Waals surface area contributed by atoms with Gasteiger partial charge in [-0.1, -0.05) is 6.42 Å². The van der Waals surface area contributed by atoms with Crippen LogP contribution in [0.25, 0.3) is 0 Å². The number of hydrogen-bond acceptors (Lipinski definition) is 5. The van der Waals surface area contributed by atoms with E-state index in [9.17, 15) is 9.59 Å². The summed E-state index contributed by atoms with van der Waals surface area (Å²) in [6, 6.07) is 7.73. The SMILES string of the molecule is O=C(COC(=O)C1CC2CCC1C2)Nc1ccc(N2CCOCC2)cc1. The Labute approximate surface area is 153 Å². The second-order valence-corrected chi connectivity index (χ2v) is 7.58. The number of fused-ring (bicyclic) bond motifs is 2. The molecule has 1 aromatic rings. The van der Waals surface area contributed by atoms with Gasteiger partial charge in [-0.05, 0) is 55.4 Å². The molecule has 2 aliphatic carbocycles. The van der Waals surface area contributed by atoms with Crippen molar-refractivity contribution in [3.8, 4) is 0 Å². The lowest BCUT2D eigenvalue weighted by molar-refractivity contribution is -0.153. The normalized spacial score (nSPS) is 27.4. The fraction of sp³-hybridized carbons (Fsp3) is 0.600. The molecule has 2 bridgehead atoms. The number of benzene rings is 1. The molecular formula is C20H26N2O4. The standard InChI is InChI=1S/C20H26N2O4/c23-19(13-26-20(24)18-12-14-1-2-15(18)11-14)21-16-3-5-17(6-4-16)22-7-9-25-10-8-22/h3-6,14-15,18H,1-2,7-13H2,(H,21,23). The van der Waals surface area contributed by atoms with E-state index in [1.807, 2.05) is 24.3 Å². The number of rotatable bonds is 5. The van der Waals surface area contributed by atoms with E-state index in [0.29, 0.717) is 17.5 Å². The highest BCUT2D eigenvalue weighted by Crippen LogP contribution is 2.48. The van der Waals surface area contributed by atoms with Crippen molar-refractivity contribution < 1.29 is 19.1 Å². The lowest BCUT2D eigenvalue weighted by atomic mass is 9.89. The highest BCUT2D eigenvalue weighted by Gasteiger charge is 2.43. The minimum Gasteiger partial charge on any atom is -0.455 e. The molecule has 0 aromatic heterocycles. The van der Waals surface area contributed by atoms with Gasteiger partial charge in [-0.2, -0.15) is 0 Å². The molecule has 3 unspecified atom stereocenters. The van der Waals surface area contributed by atoms with Crippen molar-refractivity contribution in [1.82, 2.24) is 0 Å². The van der Waals surface area contributed by atoms with Crippen LogP contribution in [0.5, 0.6) is 0 Å². The first-order chi connectivity index (χ1) is 12.7. The molecule has 6 nitrogen and oxygen atoms in total. The van der Waals surface area contributed by atoms with Gasteiger partial charge in [0.2, 0.25) is 0 Å². The number of morpholine rings is 1. The average molecular weight is 358 g/mol. The molecule has 0 spiro atoms. The number of nitrogens with one attached hydrogen (secondary N) is 1. The van der Waals surface area contributed by atoms with E-state index in [1.165, 1.54) is 6.42 Å². The van der Waals surface area contributed by atoms with Crippen molar-refractivity contribution in [3.63, 3.8) is 0 Å². The number of ether oxygens (including phenoxy) is 2. The Morgan fingerprint density at radius 3 is 2.54 bits per heavy atom.